The van der Waals surface area contributed by atoms with Crippen molar-refractivity contribution in [2.24, 2.45) is 10.4 Å². The number of alkyl halides is 3. The Morgan fingerprint density at radius 3 is 2.45 bits per heavy atom. The summed E-state index contributed by atoms with van der Waals surface area (Å²) in [6, 6.07) is 4.16. The Balaban J connectivity index is 1.29. The van der Waals surface area contributed by atoms with Gasteiger partial charge in [-0.2, -0.15) is 0 Å². The Kier molecular flexibility index (Phi) is 3.97. The van der Waals surface area contributed by atoms with Gasteiger partial charge in [0.2, 0.25) is 0 Å². The van der Waals surface area contributed by atoms with Crippen molar-refractivity contribution in [1.82, 2.24) is 14.9 Å². The minimum atomic E-state index is -4.73. The zero-order valence-electron chi connectivity index (χ0n) is 16.0. The van der Waals surface area contributed by atoms with Crippen LogP contribution in [0, 0.1) is 5.41 Å². The van der Waals surface area contributed by atoms with Gasteiger partial charge in [0, 0.05) is 41.7 Å². The monoisotopic (exact) mass is 423 g/mol. The summed E-state index contributed by atoms with van der Waals surface area (Å²) in [5, 5.41) is 1.69. The van der Waals surface area contributed by atoms with Gasteiger partial charge in [0.25, 0.3) is 0 Å². The molecule has 4 heterocycles. The molecule has 0 amide bonds. The molecule has 5 rings (SSSR count). The fourth-order valence-electron chi connectivity index (χ4n) is 4.22. The molecule has 3 aliphatic heterocycles. The van der Waals surface area contributed by atoms with Gasteiger partial charge >= 0.3 is 6.36 Å². The van der Waals surface area contributed by atoms with Crippen LogP contribution in [-0.2, 0) is 0 Å². The maximum Gasteiger partial charge on any atom is 0.573 e. The fourth-order valence-corrected chi connectivity index (χ4v) is 5.23. The number of aromatic nitrogens is 2. The van der Waals surface area contributed by atoms with E-state index in [1.165, 1.54) is 24.5 Å². The number of ether oxygens (including phenoxy) is 1. The van der Waals surface area contributed by atoms with Gasteiger partial charge in [-0.05, 0) is 32.0 Å². The molecule has 0 N–H and O–H groups in total. The van der Waals surface area contributed by atoms with E-state index >= 15 is 0 Å². The van der Waals surface area contributed by atoms with Crippen molar-refractivity contribution in [2.75, 3.05) is 37.6 Å². The lowest BCUT2D eigenvalue weighted by molar-refractivity contribution is -0.274. The normalized spacial score (nSPS) is 22.4. The number of rotatable bonds is 2. The Bertz CT molecular complexity index is 995. The third-order valence-corrected chi connectivity index (χ3v) is 6.71. The van der Waals surface area contributed by atoms with Crippen molar-refractivity contribution in [3.05, 3.63) is 24.5 Å². The van der Waals surface area contributed by atoms with Crippen LogP contribution in [0.1, 0.15) is 13.8 Å². The minimum absolute atomic E-state index is 0.166. The number of aliphatic imine (C=N–C) groups is 1. The molecule has 10 heteroatoms. The average Bonchev–Trinajstić information content (AvgIpc) is 2.90. The summed E-state index contributed by atoms with van der Waals surface area (Å²) in [6.07, 6.45) is -3.28. The Hall–Kier alpha value is -2.23. The molecule has 6 nitrogen and oxygen atoms in total. The molecule has 2 aromatic rings. The minimum Gasteiger partial charge on any atom is -0.406 e. The number of thioether (sulfide) groups is 1. The number of benzene rings is 1. The lowest BCUT2D eigenvalue weighted by Gasteiger charge is -2.61. The summed E-state index contributed by atoms with van der Waals surface area (Å²) < 4.78 is 41.9. The third-order valence-electron chi connectivity index (χ3n) is 5.46. The summed E-state index contributed by atoms with van der Waals surface area (Å²) in [6.45, 7) is 8.80. The van der Waals surface area contributed by atoms with Crippen LogP contribution in [0.4, 0.5) is 19.0 Å². The summed E-state index contributed by atoms with van der Waals surface area (Å²) in [7, 11) is 0. The van der Waals surface area contributed by atoms with E-state index in [-0.39, 0.29) is 15.9 Å². The van der Waals surface area contributed by atoms with Crippen LogP contribution in [0.15, 0.2) is 29.5 Å². The number of likely N-dealkylation sites (tertiary alicyclic amines) is 1. The van der Waals surface area contributed by atoms with Gasteiger partial charge in [0.05, 0.1) is 12.1 Å². The molecule has 0 bridgehead atoms. The van der Waals surface area contributed by atoms with Crippen molar-refractivity contribution >= 4 is 33.7 Å². The number of anilines is 1. The van der Waals surface area contributed by atoms with Crippen LogP contribution < -0.4 is 9.64 Å². The first-order valence-corrected chi connectivity index (χ1v) is 10.2. The summed E-state index contributed by atoms with van der Waals surface area (Å²) in [5.41, 5.74) is 0.798. The van der Waals surface area contributed by atoms with E-state index in [2.05, 4.69) is 43.3 Å². The summed E-state index contributed by atoms with van der Waals surface area (Å²) in [5.74, 6) is 0.394. The molecule has 0 radical (unpaired) electrons. The zero-order valence-corrected chi connectivity index (χ0v) is 16.8. The standard InChI is InChI=1S/C19H20F3N5OS/c1-17(2)6-23-16(29-17)27-9-18(10-27)7-26(8-18)15-13-5-12(28-19(20,21)22)3-4-14(13)24-11-25-15/h3-5,11H,6-10H2,1-2H3. The van der Waals surface area contributed by atoms with E-state index in [9.17, 15) is 13.2 Å². The van der Waals surface area contributed by atoms with Gasteiger partial charge < -0.3 is 14.5 Å². The second kappa shape index (κ2) is 6.13. The Morgan fingerprint density at radius 2 is 1.79 bits per heavy atom. The molecule has 1 spiro atoms. The van der Waals surface area contributed by atoms with Crippen molar-refractivity contribution in [3.8, 4) is 5.75 Å². The first-order chi connectivity index (χ1) is 13.6. The molecule has 0 atom stereocenters. The summed E-state index contributed by atoms with van der Waals surface area (Å²) >= 11 is 1.83. The highest BCUT2D eigenvalue weighted by atomic mass is 32.2. The molecule has 0 aliphatic carbocycles. The molecular formula is C19H20F3N5OS. The van der Waals surface area contributed by atoms with Gasteiger partial charge in [-0.1, -0.05) is 11.8 Å². The van der Waals surface area contributed by atoms with E-state index in [1.807, 2.05) is 11.8 Å². The van der Waals surface area contributed by atoms with Gasteiger partial charge in [0.15, 0.2) is 5.17 Å². The Labute approximate surface area is 170 Å². The quantitative estimate of drug-likeness (QED) is 0.737. The molecule has 2 fully saturated rings. The second-order valence-electron chi connectivity index (χ2n) is 8.60. The molecule has 1 aromatic heterocycles. The van der Waals surface area contributed by atoms with E-state index in [0.29, 0.717) is 16.7 Å². The summed E-state index contributed by atoms with van der Waals surface area (Å²) in [4.78, 5) is 17.6. The first-order valence-electron chi connectivity index (χ1n) is 9.35. The van der Waals surface area contributed by atoms with Gasteiger partial charge in [0.1, 0.15) is 17.9 Å². The molecular weight excluding hydrogens is 403 g/mol. The molecule has 0 saturated carbocycles. The molecule has 29 heavy (non-hydrogen) atoms. The van der Waals surface area contributed by atoms with Crippen LogP contribution >= 0.6 is 11.8 Å². The molecule has 3 aliphatic rings. The predicted molar refractivity (Wildman–Crippen MR) is 106 cm³/mol. The Morgan fingerprint density at radius 1 is 1.07 bits per heavy atom. The number of fused-ring (bicyclic) bond motifs is 1. The maximum atomic E-state index is 12.6. The van der Waals surface area contributed by atoms with Crippen LogP contribution in [-0.4, -0.2) is 63.9 Å². The number of halogens is 3. The van der Waals surface area contributed by atoms with Crippen LogP contribution in [0.2, 0.25) is 0 Å². The van der Waals surface area contributed by atoms with E-state index in [4.69, 9.17) is 0 Å². The average molecular weight is 423 g/mol. The predicted octanol–water partition coefficient (Wildman–Crippen LogP) is 3.53. The molecule has 0 unspecified atom stereocenters. The lowest BCUT2D eigenvalue weighted by Crippen LogP contribution is -2.73. The second-order valence-corrected chi connectivity index (χ2v) is 10.3. The zero-order chi connectivity index (χ0) is 20.4. The molecule has 1 aromatic carbocycles. The van der Waals surface area contributed by atoms with Crippen LogP contribution in [0.3, 0.4) is 0 Å². The number of hydrogen-bond acceptors (Lipinski definition) is 7. The van der Waals surface area contributed by atoms with Crippen molar-refractivity contribution in [3.63, 3.8) is 0 Å². The lowest BCUT2D eigenvalue weighted by atomic mass is 9.73. The van der Waals surface area contributed by atoms with E-state index in [1.54, 1.807) is 0 Å². The molecule has 2 saturated heterocycles. The smallest absolute Gasteiger partial charge is 0.406 e. The van der Waals surface area contributed by atoms with Gasteiger partial charge in [-0.3, -0.25) is 4.99 Å². The SMILES string of the molecule is CC1(C)CN=C(N2CC3(C2)CN(c2ncnc4ccc(OC(F)(F)F)cc24)C3)S1. The highest BCUT2D eigenvalue weighted by Gasteiger charge is 2.54. The topological polar surface area (TPSA) is 53.9 Å². The molecule has 154 valence electrons. The maximum absolute atomic E-state index is 12.6. The fraction of sp³-hybridized carbons (Fsp3) is 0.526. The van der Waals surface area contributed by atoms with Crippen molar-refractivity contribution < 1.29 is 17.9 Å². The van der Waals surface area contributed by atoms with Crippen LogP contribution in [0.5, 0.6) is 5.75 Å². The van der Waals surface area contributed by atoms with Crippen LogP contribution in [0.25, 0.3) is 10.9 Å². The number of nitrogens with zero attached hydrogens (tertiary/aromatic N) is 5. The first kappa shape index (κ1) is 18.8. The largest absolute Gasteiger partial charge is 0.573 e. The van der Waals surface area contributed by atoms with Crippen molar-refractivity contribution in [2.45, 2.75) is 25.0 Å². The third kappa shape index (κ3) is 3.47. The van der Waals surface area contributed by atoms with E-state index < -0.39 is 6.36 Å². The highest BCUT2D eigenvalue weighted by Crippen LogP contribution is 2.46. The van der Waals surface area contributed by atoms with Gasteiger partial charge in [-0.25, -0.2) is 9.97 Å². The highest BCUT2D eigenvalue weighted by molar-refractivity contribution is 8.15. The number of amidine groups is 1. The van der Waals surface area contributed by atoms with Gasteiger partial charge in [-0.15, -0.1) is 13.2 Å². The van der Waals surface area contributed by atoms with E-state index in [0.717, 1.165) is 37.9 Å². The number of hydrogen-bond donors (Lipinski definition) is 0. The van der Waals surface area contributed by atoms with Crippen molar-refractivity contribution in [1.29, 1.82) is 0 Å².